The number of pyridine rings is 1. The van der Waals surface area contributed by atoms with E-state index in [1.54, 1.807) is 23.7 Å². The quantitative estimate of drug-likeness (QED) is 0.547. The van der Waals surface area contributed by atoms with E-state index in [9.17, 15) is 4.79 Å². The van der Waals surface area contributed by atoms with Gasteiger partial charge in [0.05, 0.1) is 18.5 Å². The number of hydrogen-bond donors (Lipinski definition) is 1. The molecule has 0 bridgehead atoms. The van der Waals surface area contributed by atoms with Gasteiger partial charge < -0.3 is 9.47 Å². The van der Waals surface area contributed by atoms with Crippen LogP contribution in [0, 0.1) is 6.92 Å². The van der Waals surface area contributed by atoms with Crippen molar-refractivity contribution in [1.29, 1.82) is 0 Å². The summed E-state index contributed by atoms with van der Waals surface area (Å²) in [6, 6.07) is 9.48. The van der Waals surface area contributed by atoms with E-state index in [1.165, 1.54) is 0 Å². The molecule has 7 nitrogen and oxygen atoms in total. The number of imidazole rings is 1. The first kappa shape index (κ1) is 18.0. The number of amides is 1. The molecule has 28 heavy (non-hydrogen) atoms. The first-order valence-corrected chi connectivity index (χ1v) is 9.30. The van der Waals surface area contributed by atoms with Crippen LogP contribution in [0.4, 0.5) is 0 Å². The molecule has 0 saturated heterocycles. The highest BCUT2D eigenvalue weighted by Gasteiger charge is 2.21. The Bertz CT molecular complexity index is 1070. The number of ether oxygens (including phenoxy) is 2. The summed E-state index contributed by atoms with van der Waals surface area (Å²) < 4.78 is 13.3. The maximum atomic E-state index is 12.6. The maximum Gasteiger partial charge on any atom is 0.290 e. The number of carbonyl (C=O) groups excluding carboxylic acids is 1. The van der Waals surface area contributed by atoms with Gasteiger partial charge in [0, 0.05) is 23.7 Å². The third-order valence-corrected chi connectivity index (χ3v) is 4.62. The third-order valence-electron chi connectivity index (χ3n) is 4.62. The first-order valence-electron chi connectivity index (χ1n) is 9.30. The third kappa shape index (κ3) is 3.31. The first-order chi connectivity index (χ1) is 13.6. The summed E-state index contributed by atoms with van der Waals surface area (Å²) in [6.07, 6.45) is 4.39. The minimum Gasteiger partial charge on any atom is -0.493 e. The maximum absolute atomic E-state index is 12.6. The summed E-state index contributed by atoms with van der Waals surface area (Å²) in [5.41, 5.74) is 6.29. The van der Waals surface area contributed by atoms with Crippen molar-refractivity contribution in [3.8, 4) is 11.5 Å². The molecule has 1 atom stereocenters. The summed E-state index contributed by atoms with van der Waals surface area (Å²) in [4.78, 5) is 17.0. The van der Waals surface area contributed by atoms with Gasteiger partial charge in [0.2, 0.25) is 0 Å². The summed E-state index contributed by atoms with van der Waals surface area (Å²) in [5.74, 6) is 1.24. The van der Waals surface area contributed by atoms with Gasteiger partial charge in [0.1, 0.15) is 28.9 Å². The second kappa shape index (κ2) is 7.34. The van der Waals surface area contributed by atoms with Crippen LogP contribution in [0.1, 0.15) is 41.2 Å². The zero-order chi connectivity index (χ0) is 19.7. The normalized spacial score (nSPS) is 15.6. The van der Waals surface area contributed by atoms with Crippen molar-refractivity contribution in [3.05, 3.63) is 59.0 Å². The predicted octanol–water partition coefficient (Wildman–Crippen LogP) is 3.13. The van der Waals surface area contributed by atoms with Crippen LogP contribution in [0.2, 0.25) is 0 Å². The summed E-state index contributed by atoms with van der Waals surface area (Å²) in [7, 11) is 0. The van der Waals surface area contributed by atoms with E-state index in [1.807, 2.05) is 44.2 Å². The molecule has 1 amide bonds. The van der Waals surface area contributed by atoms with Gasteiger partial charge in [-0.3, -0.25) is 9.20 Å². The molecule has 1 aliphatic rings. The standard InChI is InChI=1S/C21H22N4O3/c1-4-27-17-10-15-9-13(2)28-18(15)11-16(17)12-22-24-21(26)20-14(3)23-19-7-5-6-8-25(19)20/h5-8,10-13H,4,9H2,1-3H3,(H,24,26)/b22-12-/t13-/m1/s1. The minimum absolute atomic E-state index is 0.148. The van der Waals surface area contributed by atoms with Gasteiger partial charge in [0.25, 0.3) is 5.91 Å². The molecule has 0 spiro atoms. The molecule has 0 radical (unpaired) electrons. The number of carbonyl (C=O) groups is 1. The monoisotopic (exact) mass is 378 g/mol. The zero-order valence-electron chi connectivity index (χ0n) is 16.1. The summed E-state index contributed by atoms with van der Waals surface area (Å²) >= 11 is 0. The Morgan fingerprint density at radius 1 is 1.46 bits per heavy atom. The minimum atomic E-state index is -0.323. The number of aryl methyl sites for hydroxylation is 1. The second-order valence-corrected chi connectivity index (χ2v) is 6.74. The molecule has 0 saturated carbocycles. The number of nitrogens with zero attached hydrogens (tertiary/aromatic N) is 3. The molecule has 2 aromatic heterocycles. The zero-order valence-corrected chi connectivity index (χ0v) is 16.1. The van der Waals surface area contributed by atoms with Crippen LogP contribution in [0.15, 0.2) is 41.6 Å². The molecule has 3 heterocycles. The van der Waals surface area contributed by atoms with Crippen molar-refractivity contribution in [2.75, 3.05) is 6.61 Å². The van der Waals surface area contributed by atoms with Gasteiger partial charge in [0.15, 0.2) is 0 Å². The highest BCUT2D eigenvalue weighted by Crippen LogP contribution is 2.34. The lowest BCUT2D eigenvalue weighted by Gasteiger charge is -2.09. The molecule has 0 aliphatic carbocycles. The van der Waals surface area contributed by atoms with Gasteiger partial charge in [-0.15, -0.1) is 0 Å². The summed E-state index contributed by atoms with van der Waals surface area (Å²) in [5, 5.41) is 4.13. The predicted molar refractivity (Wildman–Crippen MR) is 106 cm³/mol. The molecule has 3 aromatic rings. The molecule has 144 valence electrons. The van der Waals surface area contributed by atoms with Crippen LogP contribution < -0.4 is 14.9 Å². The largest absolute Gasteiger partial charge is 0.493 e. The molecule has 1 aromatic carbocycles. The van der Waals surface area contributed by atoms with E-state index >= 15 is 0 Å². The average molecular weight is 378 g/mol. The van der Waals surface area contributed by atoms with Crippen LogP contribution in [-0.4, -0.2) is 34.2 Å². The van der Waals surface area contributed by atoms with E-state index in [0.29, 0.717) is 18.0 Å². The van der Waals surface area contributed by atoms with E-state index in [2.05, 4.69) is 15.5 Å². The number of rotatable bonds is 5. The average Bonchev–Trinajstić information content (AvgIpc) is 3.19. The highest BCUT2D eigenvalue weighted by atomic mass is 16.5. The van der Waals surface area contributed by atoms with E-state index < -0.39 is 0 Å². The van der Waals surface area contributed by atoms with Crippen molar-refractivity contribution >= 4 is 17.8 Å². The van der Waals surface area contributed by atoms with Gasteiger partial charge in [-0.2, -0.15) is 5.10 Å². The van der Waals surface area contributed by atoms with Crippen molar-refractivity contribution in [2.24, 2.45) is 5.10 Å². The fraction of sp³-hybridized carbons (Fsp3) is 0.286. The fourth-order valence-corrected chi connectivity index (χ4v) is 3.44. The lowest BCUT2D eigenvalue weighted by Crippen LogP contribution is -2.20. The van der Waals surface area contributed by atoms with Crippen molar-refractivity contribution < 1.29 is 14.3 Å². The Balaban J connectivity index is 1.57. The lowest BCUT2D eigenvalue weighted by atomic mass is 10.1. The number of hydrazone groups is 1. The number of nitrogens with one attached hydrogen (secondary N) is 1. The van der Waals surface area contributed by atoms with E-state index in [4.69, 9.17) is 9.47 Å². The van der Waals surface area contributed by atoms with Gasteiger partial charge >= 0.3 is 0 Å². The molecular weight excluding hydrogens is 356 g/mol. The number of aromatic nitrogens is 2. The lowest BCUT2D eigenvalue weighted by molar-refractivity contribution is 0.0948. The summed E-state index contributed by atoms with van der Waals surface area (Å²) in [6.45, 7) is 6.32. The Morgan fingerprint density at radius 3 is 3.14 bits per heavy atom. The van der Waals surface area contributed by atoms with Crippen LogP contribution >= 0.6 is 0 Å². The van der Waals surface area contributed by atoms with Crippen molar-refractivity contribution in [2.45, 2.75) is 33.3 Å². The number of hydrogen-bond acceptors (Lipinski definition) is 5. The van der Waals surface area contributed by atoms with Crippen LogP contribution in [0.3, 0.4) is 0 Å². The molecule has 1 N–H and O–H groups in total. The molecule has 0 unspecified atom stereocenters. The van der Waals surface area contributed by atoms with Crippen LogP contribution in [0.5, 0.6) is 11.5 Å². The van der Waals surface area contributed by atoms with Gasteiger partial charge in [-0.1, -0.05) is 6.07 Å². The molecular formula is C21H22N4O3. The number of fused-ring (bicyclic) bond motifs is 2. The SMILES string of the molecule is CCOc1cc2c(cc1/C=N\NC(=O)c1c(C)nc3ccccn13)O[C@H](C)C2. The van der Waals surface area contributed by atoms with Crippen molar-refractivity contribution in [3.63, 3.8) is 0 Å². The molecule has 4 rings (SSSR count). The Morgan fingerprint density at radius 2 is 2.32 bits per heavy atom. The smallest absolute Gasteiger partial charge is 0.290 e. The van der Waals surface area contributed by atoms with Crippen molar-refractivity contribution in [1.82, 2.24) is 14.8 Å². The van der Waals surface area contributed by atoms with Crippen LogP contribution in [0.25, 0.3) is 5.65 Å². The second-order valence-electron chi connectivity index (χ2n) is 6.74. The Kier molecular flexibility index (Phi) is 4.73. The molecule has 0 fully saturated rings. The van der Waals surface area contributed by atoms with Gasteiger partial charge in [-0.25, -0.2) is 10.4 Å². The molecule has 1 aliphatic heterocycles. The van der Waals surface area contributed by atoms with E-state index in [-0.39, 0.29) is 12.0 Å². The fourth-order valence-electron chi connectivity index (χ4n) is 3.44. The molecule has 7 heteroatoms. The van der Waals surface area contributed by atoms with Gasteiger partial charge in [-0.05, 0) is 45.0 Å². The Hall–Kier alpha value is -3.35. The van der Waals surface area contributed by atoms with Crippen LogP contribution in [-0.2, 0) is 6.42 Å². The topological polar surface area (TPSA) is 77.2 Å². The van der Waals surface area contributed by atoms with E-state index in [0.717, 1.165) is 34.7 Å². The highest BCUT2D eigenvalue weighted by molar-refractivity contribution is 5.95. The Labute approximate surface area is 163 Å². The number of benzene rings is 1.